The van der Waals surface area contributed by atoms with E-state index >= 15 is 0 Å². The Morgan fingerprint density at radius 3 is 2.47 bits per heavy atom. The lowest BCUT2D eigenvalue weighted by Crippen LogP contribution is -2.33. The van der Waals surface area contributed by atoms with Crippen molar-refractivity contribution in [3.05, 3.63) is 39.3 Å². The molecule has 0 bridgehead atoms. The minimum atomic E-state index is -3.46. The maximum Gasteiger partial charge on any atom is 0.242 e. The van der Waals surface area contributed by atoms with Crippen LogP contribution in [-0.4, -0.2) is 14.5 Å². The van der Waals surface area contributed by atoms with Crippen LogP contribution in [0, 0.1) is 0 Å². The Labute approximate surface area is 118 Å². The van der Waals surface area contributed by atoms with Crippen molar-refractivity contribution in [2.45, 2.75) is 23.8 Å². The molecule has 0 unspecified atom stereocenters. The molecule has 0 radical (unpaired) electrons. The third-order valence-corrected chi connectivity index (χ3v) is 5.52. The van der Waals surface area contributed by atoms with Gasteiger partial charge in [-0.1, -0.05) is 28.1 Å². The molecule has 1 aliphatic rings. The second kappa shape index (κ2) is 5.22. The number of nitrogens with one attached hydrogen (secondary N) is 1. The fraction of sp³-hybridized carbons (Fsp3) is 0.273. The molecule has 2 rings (SSSR count). The summed E-state index contributed by atoms with van der Waals surface area (Å²) < 4.78 is 28.4. The molecule has 0 aliphatic heterocycles. The summed E-state index contributed by atoms with van der Waals surface area (Å²) >= 11 is 6.54. The molecule has 0 saturated heterocycles. The number of halogens is 2. The number of hydrogen-bond donors (Lipinski definition) is 1. The Bertz CT molecular complexity index is 547. The third kappa shape index (κ3) is 3.19. The smallest absolute Gasteiger partial charge is 0.207 e. The van der Waals surface area contributed by atoms with Gasteiger partial charge in [-0.25, -0.2) is 13.1 Å². The Balaban J connectivity index is 2.27. The highest BCUT2D eigenvalue weighted by Gasteiger charge is 2.22. The monoisotopic (exact) mass is 379 g/mol. The molecule has 0 fully saturated rings. The highest BCUT2D eigenvalue weighted by Crippen LogP contribution is 2.26. The molecule has 0 heterocycles. The van der Waals surface area contributed by atoms with Crippen molar-refractivity contribution in [3.8, 4) is 0 Å². The van der Waals surface area contributed by atoms with E-state index in [0.29, 0.717) is 4.47 Å². The molecule has 3 nitrogen and oxygen atoms in total. The SMILES string of the molecule is O=S(=O)(NC1CC=CC1)c1cc(Br)ccc1Br. The highest BCUT2D eigenvalue weighted by atomic mass is 79.9. The predicted molar refractivity (Wildman–Crippen MR) is 74.3 cm³/mol. The van der Waals surface area contributed by atoms with Gasteiger partial charge in [0, 0.05) is 15.0 Å². The van der Waals surface area contributed by atoms with E-state index in [0.717, 1.165) is 17.3 Å². The number of benzene rings is 1. The van der Waals surface area contributed by atoms with Gasteiger partial charge in [-0.2, -0.15) is 0 Å². The largest absolute Gasteiger partial charge is 0.242 e. The lowest BCUT2D eigenvalue weighted by molar-refractivity contribution is 0.557. The van der Waals surface area contributed by atoms with Crippen molar-refractivity contribution < 1.29 is 8.42 Å². The van der Waals surface area contributed by atoms with Gasteiger partial charge in [-0.05, 0) is 47.0 Å². The van der Waals surface area contributed by atoms with E-state index in [1.54, 1.807) is 18.2 Å². The molecule has 6 heteroatoms. The fourth-order valence-electron chi connectivity index (χ4n) is 1.68. The van der Waals surface area contributed by atoms with Gasteiger partial charge in [0.15, 0.2) is 0 Å². The van der Waals surface area contributed by atoms with E-state index < -0.39 is 10.0 Å². The van der Waals surface area contributed by atoms with Crippen LogP contribution in [0.25, 0.3) is 0 Å². The topological polar surface area (TPSA) is 46.2 Å². The molecule has 92 valence electrons. The highest BCUT2D eigenvalue weighted by molar-refractivity contribution is 9.11. The molecule has 1 aromatic rings. The van der Waals surface area contributed by atoms with Gasteiger partial charge in [-0.15, -0.1) is 0 Å². The normalized spacial score (nSPS) is 16.6. The zero-order chi connectivity index (χ0) is 12.5. The average Bonchev–Trinajstić information content (AvgIpc) is 2.73. The maximum absolute atomic E-state index is 12.2. The summed E-state index contributed by atoms with van der Waals surface area (Å²) in [5.74, 6) is 0. The molecule has 1 N–H and O–H groups in total. The summed E-state index contributed by atoms with van der Waals surface area (Å²) in [5.41, 5.74) is 0. The summed E-state index contributed by atoms with van der Waals surface area (Å²) in [6.45, 7) is 0. The van der Waals surface area contributed by atoms with Crippen molar-refractivity contribution in [2.24, 2.45) is 0 Å². The minimum absolute atomic E-state index is 0.0223. The summed E-state index contributed by atoms with van der Waals surface area (Å²) in [7, 11) is -3.46. The Kier molecular flexibility index (Phi) is 4.07. The van der Waals surface area contributed by atoms with E-state index in [1.165, 1.54) is 0 Å². The average molecular weight is 381 g/mol. The van der Waals surface area contributed by atoms with Gasteiger partial charge in [0.2, 0.25) is 10.0 Å². The molecule has 0 spiro atoms. The summed E-state index contributed by atoms with van der Waals surface area (Å²) in [4.78, 5) is 0.263. The van der Waals surface area contributed by atoms with Crippen LogP contribution in [0.15, 0.2) is 44.2 Å². The Hall–Kier alpha value is -0.170. The molecule has 0 atom stereocenters. The second-order valence-electron chi connectivity index (χ2n) is 3.84. The van der Waals surface area contributed by atoms with Crippen molar-refractivity contribution in [3.63, 3.8) is 0 Å². The molecular formula is C11H11Br2NO2S. The van der Waals surface area contributed by atoms with Gasteiger partial charge in [0.25, 0.3) is 0 Å². The van der Waals surface area contributed by atoms with Crippen LogP contribution in [0.2, 0.25) is 0 Å². The van der Waals surface area contributed by atoms with Crippen LogP contribution in [0.5, 0.6) is 0 Å². The third-order valence-electron chi connectivity index (χ3n) is 2.51. The molecular weight excluding hydrogens is 370 g/mol. The number of hydrogen-bond acceptors (Lipinski definition) is 2. The van der Waals surface area contributed by atoms with Crippen molar-refractivity contribution >= 4 is 41.9 Å². The van der Waals surface area contributed by atoms with Crippen molar-refractivity contribution in [2.75, 3.05) is 0 Å². The summed E-state index contributed by atoms with van der Waals surface area (Å²) in [6.07, 6.45) is 5.49. The first-order valence-corrected chi connectivity index (χ1v) is 8.18. The molecule has 17 heavy (non-hydrogen) atoms. The zero-order valence-corrected chi connectivity index (χ0v) is 12.8. The lowest BCUT2D eigenvalue weighted by atomic mass is 10.3. The quantitative estimate of drug-likeness (QED) is 0.818. The number of sulfonamides is 1. The summed E-state index contributed by atoms with van der Waals surface area (Å²) in [6, 6.07) is 5.08. The standard InChI is InChI=1S/C11H11Br2NO2S/c12-8-5-6-10(13)11(7-8)17(15,16)14-9-3-1-2-4-9/h1-2,5-7,9,14H,3-4H2. The van der Waals surface area contributed by atoms with Crippen LogP contribution < -0.4 is 4.72 Å². The lowest BCUT2D eigenvalue weighted by Gasteiger charge is -2.13. The maximum atomic E-state index is 12.2. The van der Waals surface area contributed by atoms with E-state index in [-0.39, 0.29) is 10.9 Å². The van der Waals surface area contributed by atoms with E-state index in [2.05, 4.69) is 36.6 Å². The molecule has 0 saturated carbocycles. The van der Waals surface area contributed by atoms with Crippen molar-refractivity contribution in [1.82, 2.24) is 4.72 Å². The summed E-state index contributed by atoms with van der Waals surface area (Å²) in [5, 5.41) is 0. The van der Waals surface area contributed by atoms with Crippen LogP contribution in [-0.2, 0) is 10.0 Å². The van der Waals surface area contributed by atoms with Crippen LogP contribution in [0.4, 0.5) is 0 Å². The van der Waals surface area contributed by atoms with Gasteiger partial charge in [0.1, 0.15) is 0 Å². The van der Waals surface area contributed by atoms with E-state index in [9.17, 15) is 8.42 Å². The van der Waals surface area contributed by atoms with Crippen LogP contribution in [0.1, 0.15) is 12.8 Å². The van der Waals surface area contributed by atoms with Gasteiger partial charge in [0.05, 0.1) is 4.90 Å². The minimum Gasteiger partial charge on any atom is -0.207 e. The van der Waals surface area contributed by atoms with Crippen LogP contribution >= 0.6 is 31.9 Å². The second-order valence-corrected chi connectivity index (χ2v) is 7.29. The van der Waals surface area contributed by atoms with Crippen molar-refractivity contribution in [1.29, 1.82) is 0 Å². The van der Waals surface area contributed by atoms with E-state index in [1.807, 2.05) is 12.2 Å². The first kappa shape index (κ1) is 13.3. The van der Waals surface area contributed by atoms with Gasteiger partial charge in [-0.3, -0.25) is 0 Å². The Morgan fingerprint density at radius 2 is 1.82 bits per heavy atom. The predicted octanol–water partition coefficient (Wildman–Crippen LogP) is 3.21. The molecule has 1 aliphatic carbocycles. The zero-order valence-electron chi connectivity index (χ0n) is 8.86. The number of rotatable bonds is 3. The molecule has 1 aromatic carbocycles. The van der Waals surface area contributed by atoms with Gasteiger partial charge < -0.3 is 0 Å². The van der Waals surface area contributed by atoms with E-state index in [4.69, 9.17) is 0 Å². The Morgan fingerprint density at radius 1 is 1.18 bits per heavy atom. The first-order chi connectivity index (χ1) is 7.99. The van der Waals surface area contributed by atoms with Gasteiger partial charge >= 0.3 is 0 Å². The first-order valence-electron chi connectivity index (χ1n) is 5.11. The van der Waals surface area contributed by atoms with Crippen LogP contribution in [0.3, 0.4) is 0 Å². The fourth-order valence-corrected chi connectivity index (χ4v) is 4.44. The molecule has 0 aromatic heterocycles. The molecule has 0 amide bonds.